The van der Waals surface area contributed by atoms with Gasteiger partial charge in [0.1, 0.15) is 5.75 Å². The largest absolute Gasteiger partial charge is 0.496 e. The van der Waals surface area contributed by atoms with E-state index < -0.39 is 0 Å². The third-order valence-electron chi connectivity index (χ3n) is 2.54. The molecule has 2 rings (SSSR count). The molecule has 96 valence electrons. The predicted molar refractivity (Wildman–Crippen MR) is 68.7 cm³/mol. The molecule has 0 saturated heterocycles. The standard InChI is InChI=1S/C12H13ClN2O3/c1-16-9-5-11(18-3)10(17-2)4-7(9)8-6-14-12(13)15-8/h4-6H,1-3H3,(H,14,15). The molecule has 0 amide bonds. The number of benzene rings is 1. The molecule has 0 atom stereocenters. The van der Waals surface area contributed by atoms with Crippen molar-refractivity contribution >= 4 is 11.6 Å². The fourth-order valence-corrected chi connectivity index (χ4v) is 1.82. The summed E-state index contributed by atoms with van der Waals surface area (Å²) in [5.41, 5.74) is 1.55. The number of nitrogens with zero attached hydrogens (tertiary/aromatic N) is 1. The Bertz CT molecular complexity index is 554. The van der Waals surface area contributed by atoms with Crippen LogP contribution in [0.1, 0.15) is 0 Å². The Kier molecular flexibility index (Phi) is 3.62. The van der Waals surface area contributed by atoms with E-state index in [1.54, 1.807) is 33.6 Å². The first kappa shape index (κ1) is 12.6. The molecule has 0 bridgehead atoms. The van der Waals surface area contributed by atoms with E-state index in [0.29, 0.717) is 22.5 Å². The van der Waals surface area contributed by atoms with Crippen LogP contribution in [0, 0.1) is 0 Å². The highest BCUT2D eigenvalue weighted by Gasteiger charge is 2.14. The number of hydrogen-bond donors (Lipinski definition) is 1. The van der Waals surface area contributed by atoms with Crippen LogP contribution in [0.4, 0.5) is 0 Å². The SMILES string of the molecule is COc1cc(OC)c(-c2cnc(Cl)[nH]2)cc1OC. The molecule has 5 nitrogen and oxygen atoms in total. The highest BCUT2D eigenvalue weighted by molar-refractivity contribution is 6.28. The average Bonchev–Trinajstić information content (AvgIpc) is 2.83. The molecule has 1 N–H and O–H groups in total. The number of nitrogens with one attached hydrogen (secondary N) is 1. The Labute approximate surface area is 110 Å². The van der Waals surface area contributed by atoms with Crippen LogP contribution >= 0.6 is 11.6 Å². The lowest BCUT2D eigenvalue weighted by atomic mass is 10.1. The molecule has 6 heteroatoms. The number of imidazole rings is 1. The van der Waals surface area contributed by atoms with Gasteiger partial charge in [0.15, 0.2) is 16.8 Å². The first-order chi connectivity index (χ1) is 8.69. The van der Waals surface area contributed by atoms with Gasteiger partial charge in [0.2, 0.25) is 0 Å². The molecule has 1 heterocycles. The number of methoxy groups -OCH3 is 3. The maximum atomic E-state index is 5.77. The summed E-state index contributed by atoms with van der Waals surface area (Å²) in [7, 11) is 4.74. The van der Waals surface area contributed by atoms with Crippen molar-refractivity contribution in [1.29, 1.82) is 0 Å². The van der Waals surface area contributed by atoms with Crippen molar-refractivity contribution in [2.75, 3.05) is 21.3 Å². The van der Waals surface area contributed by atoms with E-state index in [2.05, 4.69) is 9.97 Å². The molecule has 0 saturated carbocycles. The van der Waals surface area contributed by atoms with Crippen LogP contribution < -0.4 is 14.2 Å². The molecule has 0 fully saturated rings. The zero-order valence-corrected chi connectivity index (χ0v) is 11.0. The lowest BCUT2D eigenvalue weighted by Crippen LogP contribution is -1.94. The molecule has 1 aromatic heterocycles. The third kappa shape index (κ3) is 2.22. The van der Waals surface area contributed by atoms with Crippen molar-refractivity contribution in [3.05, 3.63) is 23.6 Å². The van der Waals surface area contributed by atoms with E-state index in [1.807, 2.05) is 6.07 Å². The van der Waals surface area contributed by atoms with Crippen LogP contribution in [0.2, 0.25) is 5.28 Å². The van der Waals surface area contributed by atoms with Gasteiger partial charge in [-0.1, -0.05) is 0 Å². The molecule has 0 aliphatic carbocycles. The van der Waals surface area contributed by atoms with E-state index in [1.165, 1.54) is 0 Å². The van der Waals surface area contributed by atoms with Crippen molar-refractivity contribution in [2.24, 2.45) is 0 Å². The highest BCUT2D eigenvalue weighted by Crippen LogP contribution is 2.39. The summed E-state index contributed by atoms with van der Waals surface area (Å²) in [5, 5.41) is 0.321. The smallest absolute Gasteiger partial charge is 0.200 e. The molecule has 1 aromatic carbocycles. The van der Waals surface area contributed by atoms with Gasteiger partial charge in [-0.05, 0) is 17.7 Å². The minimum Gasteiger partial charge on any atom is -0.496 e. The maximum Gasteiger partial charge on any atom is 0.200 e. The van der Waals surface area contributed by atoms with Crippen LogP contribution in [-0.4, -0.2) is 31.3 Å². The van der Waals surface area contributed by atoms with Gasteiger partial charge in [-0.2, -0.15) is 0 Å². The lowest BCUT2D eigenvalue weighted by Gasteiger charge is -2.13. The maximum absolute atomic E-state index is 5.77. The molecular formula is C12H13ClN2O3. The molecular weight excluding hydrogens is 256 g/mol. The molecule has 0 aliphatic heterocycles. The minimum atomic E-state index is 0.321. The Morgan fingerprint density at radius 3 is 2.11 bits per heavy atom. The van der Waals surface area contributed by atoms with Crippen molar-refractivity contribution in [3.8, 4) is 28.5 Å². The van der Waals surface area contributed by atoms with E-state index in [-0.39, 0.29) is 0 Å². The van der Waals surface area contributed by atoms with Crippen LogP contribution in [0.3, 0.4) is 0 Å². The Morgan fingerprint density at radius 1 is 1.00 bits per heavy atom. The minimum absolute atomic E-state index is 0.321. The van der Waals surface area contributed by atoms with Crippen molar-refractivity contribution in [2.45, 2.75) is 0 Å². The summed E-state index contributed by atoms with van der Waals surface area (Å²) >= 11 is 5.77. The van der Waals surface area contributed by atoms with Crippen LogP contribution in [0.5, 0.6) is 17.2 Å². The van der Waals surface area contributed by atoms with Gasteiger partial charge in [0.05, 0.1) is 33.2 Å². The van der Waals surface area contributed by atoms with Gasteiger partial charge in [-0.3, -0.25) is 0 Å². The monoisotopic (exact) mass is 268 g/mol. The number of halogens is 1. The van der Waals surface area contributed by atoms with Gasteiger partial charge in [0.25, 0.3) is 0 Å². The van der Waals surface area contributed by atoms with Gasteiger partial charge in [0, 0.05) is 11.6 Å². The number of ether oxygens (including phenoxy) is 3. The lowest BCUT2D eigenvalue weighted by molar-refractivity contribution is 0.349. The zero-order valence-electron chi connectivity index (χ0n) is 10.3. The Morgan fingerprint density at radius 2 is 1.61 bits per heavy atom. The second-order valence-corrected chi connectivity index (χ2v) is 3.85. The van der Waals surface area contributed by atoms with E-state index in [9.17, 15) is 0 Å². The summed E-state index contributed by atoms with van der Waals surface area (Å²) in [5.74, 6) is 1.86. The van der Waals surface area contributed by atoms with Gasteiger partial charge < -0.3 is 19.2 Å². The van der Waals surface area contributed by atoms with E-state index in [0.717, 1.165) is 11.3 Å². The fourth-order valence-electron chi connectivity index (χ4n) is 1.67. The van der Waals surface area contributed by atoms with Crippen LogP contribution in [0.15, 0.2) is 18.3 Å². The van der Waals surface area contributed by atoms with Gasteiger partial charge >= 0.3 is 0 Å². The second kappa shape index (κ2) is 5.18. The van der Waals surface area contributed by atoms with E-state index >= 15 is 0 Å². The molecule has 0 aliphatic rings. The van der Waals surface area contributed by atoms with Crippen molar-refractivity contribution in [1.82, 2.24) is 9.97 Å². The van der Waals surface area contributed by atoms with Crippen LogP contribution in [0.25, 0.3) is 11.3 Å². The molecule has 2 aromatic rings. The molecule has 0 radical (unpaired) electrons. The van der Waals surface area contributed by atoms with E-state index in [4.69, 9.17) is 25.8 Å². The quantitative estimate of drug-likeness (QED) is 0.926. The molecule has 0 unspecified atom stereocenters. The molecule has 0 spiro atoms. The van der Waals surface area contributed by atoms with Gasteiger partial charge in [-0.15, -0.1) is 0 Å². The average molecular weight is 269 g/mol. The zero-order chi connectivity index (χ0) is 13.1. The number of aromatic nitrogens is 2. The predicted octanol–water partition coefficient (Wildman–Crippen LogP) is 2.76. The van der Waals surface area contributed by atoms with Crippen molar-refractivity contribution in [3.63, 3.8) is 0 Å². The Balaban J connectivity index is 2.58. The summed E-state index contributed by atoms with van der Waals surface area (Å²) in [6.45, 7) is 0. The number of rotatable bonds is 4. The fraction of sp³-hybridized carbons (Fsp3) is 0.250. The summed E-state index contributed by atoms with van der Waals surface area (Å²) in [6, 6.07) is 3.56. The van der Waals surface area contributed by atoms with Crippen molar-refractivity contribution < 1.29 is 14.2 Å². The highest BCUT2D eigenvalue weighted by atomic mass is 35.5. The molecule has 18 heavy (non-hydrogen) atoms. The topological polar surface area (TPSA) is 56.4 Å². The number of hydrogen-bond acceptors (Lipinski definition) is 4. The summed E-state index contributed by atoms with van der Waals surface area (Å²) < 4.78 is 15.8. The van der Waals surface area contributed by atoms with Crippen LogP contribution in [-0.2, 0) is 0 Å². The van der Waals surface area contributed by atoms with Gasteiger partial charge in [-0.25, -0.2) is 4.98 Å². The first-order valence-electron chi connectivity index (χ1n) is 5.20. The number of aromatic amines is 1. The Hall–Kier alpha value is -1.88. The normalized spacial score (nSPS) is 10.2. The second-order valence-electron chi connectivity index (χ2n) is 3.50. The third-order valence-corrected chi connectivity index (χ3v) is 2.73. The first-order valence-corrected chi connectivity index (χ1v) is 5.58. The summed E-state index contributed by atoms with van der Waals surface area (Å²) in [4.78, 5) is 6.88. The summed E-state index contributed by atoms with van der Waals surface area (Å²) in [6.07, 6.45) is 1.63. The number of H-pyrrole nitrogens is 1.